The Bertz CT molecular complexity index is 420. The Kier molecular flexibility index (Phi) is 7.35. The number of aliphatic carboxylic acids is 1. The van der Waals surface area contributed by atoms with Gasteiger partial charge in [-0.15, -0.1) is 0 Å². The van der Waals surface area contributed by atoms with Crippen molar-refractivity contribution in [3.63, 3.8) is 0 Å². The van der Waals surface area contributed by atoms with Gasteiger partial charge >= 0.3 is 5.97 Å². The molecule has 0 saturated heterocycles. The van der Waals surface area contributed by atoms with E-state index in [4.69, 9.17) is 10.8 Å². The Hall–Kier alpha value is -1.88. The van der Waals surface area contributed by atoms with Crippen molar-refractivity contribution in [1.82, 2.24) is 4.90 Å². The van der Waals surface area contributed by atoms with Crippen molar-refractivity contribution in [3.8, 4) is 0 Å². The van der Waals surface area contributed by atoms with Crippen molar-refractivity contribution >= 4 is 11.9 Å². The van der Waals surface area contributed by atoms with Gasteiger partial charge in [0.1, 0.15) is 0 Å². The minimum Gasteiger partial charge on any atom is -0.481 e. The maximum atomic E-state index is 10.9. The molecule has 0 aliphatic rings. The van der Waals surface area contributed by atoms with Gasteiger partial charge in [0.25, 0.3) is 0 Å². The first-order valence-corrected chi connectivity index (χ1v) is 6.84. The molecule has 1 rings (SSSR count). The van der Waals surface area contributed by atoms with Crippen LogP contribution in [0.2, 0.25) is 0 Å². The van der Waals surface area contributed by atoms with Gasteiger partial charge in [0.15, 0.2) is 0 Å². The number of benzene rings is 1. The van der Waals surface area contributed by atoms with Crippen LogP contribution in [0.4, 0.5) is 0 Å². The lowest BCUT2D eigenvalue weighted by Crippen LogP contribution is -2.29. The first-order chi connectivity index (χ1) is 9.58. The van der Waals surface area contributed by atoms with Crippen LogP contribution in [0.5, 0.6) is 0 Å². The van der Waals surface area contributed by atoms with E-state index in [1.165, 1.54) is 5.56 Å². The van der Waals surface area contributed by atoms with Gasteiger partial charge in [-0.2, -0.15) is 0 Å². The topological polar surface area (TPSA) is 83.6 Å². The fourth-order valence-electron chi connectivity index (χ4n) is 1.99. The molecule has 0 aliphatic heterocycles. The van der Waals surface area contributed by atoms with Gasteiger partial charge in [0.05, 0.1) is 0 Å². The van der Waals surface area contributed by atoms with E-state index in [2.05, 4.69) is 4.90 Å². The zero-order valence-corrected chi connectivity index (χ0v) is 11.6. The second-order valence-electron chi connectivity index (χ2n) is 4.83. The lowest BCUT2D eigenvalue weighted by molar-refractivity contribution is -0.137. The summed E-state index contributed by atoms with van der Waals surface area (Å²) >= 11 is 0. The smallest absolute Gasteiger partial charge is 0.303 e. The van der Waals surface area contributed by atoms with Crippen LogP contribution in [0.3, 0.4) is 0 Å². The number of primary amides is 1. The van der Waals surface area contributed by atoms with E-state index >= 15 is 0 Å². The summed E-state index contributed by atoms with van der Waals surface area (Å²) < 4.78 is 0. The molecule has 20 heavy (non-hydrogen) atoms. The zero-order chi connectivity index (χ0) is 14.8. The van der Waals surface area contributed by atoms with Gasteiger partial charge in [0, 0.05) is 25.9 Å². The molecular weight excluding hydrogens is 256 g/mol. The molecule has 0 bridgehead atoms. The highest BCUT2D eigenvalue weighted by Crippen LogP contribution is 2.07. The first-order valence-electron chi connectivity index (χ1n) is 6.84. The minimum atomic E-state index is -0.767. The SMILES string of the molecule is NC(=O)CCN(CCCCC(=O)O)Cc1ccccc1. The first kappa shape index (κ1) is 16.2. The highest BCUT2D eigenvalue weighted by Gasteiger charge is 2.08. The van der Waals surface area contributed by atoms with Crippen molar-refractivity contribution in [1.29, 1.82) is 0 Å². The van der Waals surface area contributed by atoms with Crippen molar-refractivity contribution in [2.75, 3.05) is 13.1 Å². The Morgan fingerprint density at radius 3 is 2.35 bits per heavy atom. The Morgan fingerprint density at radius 2 is 1.75 bits per heavy atom. The largest absolute Gasteiger partial charge is 0.481 e. The third-order valence-electron chi connectivity index (χ3n) is 3.04. The molecule has 5 nitrogen and oxygen atoms in total. The van der Waals surface area contributed by atoms with E-state index in [0.29, 0.717) is 19.4 Å². The van der Waals surface area contributed by atoms with Gasteiger partial charge in [-0.25, -0.2) is 0 Å². The normalized spacial score (nSPS) is 10.7. The highest BCUT2D eigenvalue weighted by atomic mass is 16.4. The average molecular weight is 278 g/mol. The Morgan fingerprint density at radius 1 is 1.05 bits per heavy atom. The number of nitrogens with two attached hydrogens (primary N) is 1. The molecule has 0 unspecified atom stereocenters. The van der Waals surface area contributed by atoms with Crippen LogP contribution in [0.25, 0.3) is 0 Å². The Balaban J connectivity index is 2.42. The van der Waals surface area contributed by atoms with Crippen molar-refractivity contribution in [2.24, 2.45) is 5.73 Å². The van der Waals surface area contributed by atoms with Crippen LogP contribution in [0, 0.1) is 0 Å². The van der Waals surface area contributed by atoms with Crippen LogP contribution < -0.4 is 5.73 Å². The van der Waals surface area contributed by atoms with Gasteiger partial charge in [0.2, 0.25) is 5.91 Å². The number of hydrogen-bond acceptors (Lipinski definition) is 3. The van der Waals surface area contributed by atoms with E-state index < -0.39 is 5.97 Å². The number of carbonyl (C=O) groups excluding carboxylic acids is 1. The van der Waals surface area contributed by atoms with Crippen LogP contribution >= 0.6 is 0 Å². The minimum absolute atomic E-state index is 0.189. The second-order valence-corrected chi connectivity index (χ2v) is 4.83. The number of hydrogen-bond donors (Lipinski definition) is 2. The summed E-state index contributed by atoms with van der Waals surface area (Å²) in [5, 5.41) is 8.62. The van der Waals surface area contributed by atoms with Crippen molar-refractivity contribution in [2.45, 2.75) is 32.2 Å². The van der Waals surface area contributed by atoms with Crippen molar-refractivity contribution < 1.29 is 14.7 Å². The van der Waals surface area contributed by atoms with Crippen LogP contribution in [-0.4, -0.2) is 35.0 Å². The van der Waals surface area contributed by atoms with E-state index in [1.807, 2.05) is 30.3 Å². The van der Waals surface area contributed by atoms with Crippen LogP contribution in [0.1, 0.15) is 31.2 Å². The summed E-state index contributed by atoms with van der Waals surface area (Å²) in [6.45, 7) is 2.13. The molecule has 0 aromatic heterocycles. The summed E-state index contributed by atoms with van der Waals surface area (Å²) in [4.78, 5) is 23.5. The average Bonchev–Trinajstić information content (AvgIpc) is 2.41. The van der Waals surface area contributed by atoms with E-state index in [9.17, 15) is 9.59 Å². The summed E-state index contributed by atoms with van der Waals surface area (Å²) in [6, 6.07) is 9.99. The summed E-state index contributed by atoms with van der Waals surface area (Å²) in [5.41, 5.74) is 6.36. The molecule has 3 N–H and O–H groups in total. The number of unbranched alkanes of at least 4 members (excludes halogenated alkanes) is 1. The number of amides is 1. The molecule has 5 heteroatoms. The molecule has 1 amide bonds. The summed E-state index contributed by atoms with van der Waals surface area (Å²) in [5.74, 6) is -1.08. The predicted molar refractivity (Wildman–Crippen MR) is 77.0 cm³/mol. The third kappa shape index (κ3) is 7.53. The number of carbonyl (C=O) groups is 2. The lowest BCUT2D eigenvalue weighted by atomic mass is 10.2. The number of carboxylic acids is 1. The molecule has 0 heterocycles. The van der Waals surface area contributed by atoms with E-state index in [1.54, 1.807) is 0 Å². The summed E-state index contributed by atoms with van der Waals surface area (Å²) in [7, 11) is 0. The predicted octanol–water partition coefficient (Wildman–Crippen LogP) is 1.62. The Labute approximate surface area is 119 Å². The standard InChI is InChI=1S/C15H22N2O3/c16-14(18)9-11-17(10-5-4-8-15(19)20)12-13-6-2-1-3-7-13/h1-3,6-7H,4-5,8-12H2,(H2,16,18)(H,19,20). The number of carboxylic acid groups (broad SMARTS) is 1. The maximum absolute atomic E-state index is 10.9. The lowest BCUT2D eigenvalue weighted by Gasteiger charge is -2.21. The van der Waals surface area contributed by atoms with E-state index in [0.717, 1.165) is 19.5 Å². The molecular formula is C15H22N2O3. The molecule has 0 spiro atoms. The van der Waals surface area contributed by atoms with E-state index in [-0.39, 0.29) is 12.3 Å². The van der Waals surface area contributed by atoms with Crippen LogP contribution in [0.15, 0.2) is 30.3 Å². The zero-order valence-electron chi connectivity index (χ0n) is 11.6. The fourth-order valence-corrected chi connectivity index (χ4v) is 1.99. The molecule has 0 fully saturated rings. The summed E-state index contributed by atoms with van der Waals surface area (Å²) in [6.07, 6.45) is 1.97. The van der Waals surface area contributed by atoms with Crippen molar-refractivity contribution in [3.05, 3.63) is 35.9 Å². The van der Waals surface area contributed by atoms with Gasteiger partial charge in [-0.1, -0.05) is 30.3 Å². The number of rotatable bonds is 10. The molecule has 0 atom stereocenters. The molecule has 1 aromatic rings. The van der Waals surface area contributed by atoms with Crippen LogP contribution in [-0.2, 0) is 16.1 Å². The molecule has 110 valence electrons. The highest BCUT2D eigenvalue weighted by molar-refractivity contribution is 5.73. The van der Waals surface area contributed by atoms with Gasteiger partial charge < -0.3 is 10.8 Å². The molecule has 0 saturated carbocycles. The van der Waals surface area contributed by atoms with Gasteiger partial charge in [-0.3, -0.25) is 14.5 Å². The molecule has 0 radical (unpaired) electrons. The molecule has 1 aromatic carbocycles. The fraction of sp³-hybridized carbons (Fsp3) is 0.467. The quantitative estimate of drug-likeness (QED) is 0.637. The maximum Gasteiger partial charge on any atom is 0.303 e. The molecule has 0 aliphatic carbocycles. The van der Waals surface area contributed by atoms with Gasteiger partial charge in [-0.05, 0) is 24.9 Å². The third-order valence-corrected chi connectivity index (χ3v) is 3.04. The second kappa shape index (κ2) is 9.09. The number of nitrogens with zero attached hydrogens (tertiary/aromatic N) is 1. The monoisotopic (exact) mass is 278 g/mol.